The van der Waals surface area contributed by atoms with Gasteiger partial charge in [-0.15, -0.1) is 0 Å². The average molecular weight is 342 g/mol. The van der Waals surface area contributed by atoms with E-state index in [1.54, 1.807) is 13.2 Å². The third-order valence-electron chi connectivity index (χ3n) is 4.41. The number of carbonyl (C=O) groups excluding carboxylic acids is 1. The lowest BCUT2D eigenvalue weighted by Gasteiger charge is -2.13. The van der Waals surface area contributed by atoms with E-state index in [0.717, 1.165) is 24.2 Å². The minimum absolute atomic E-state index is 0.293. The number of carbonyl (C=O) groups is 1. The summed E-state index contributed by atoms with van der Waals surface area (Å²) in [5.41, 5.74) is 7.11. The van der Waals surface area contributed by atoms with Gasteiger partial charge < -0.3 is 9.47 Å². The van der Waals surface area contributed by atoms with Crippen molar-refractivity contribution in [3.8, 4) is 5.75 Å². The van der Waals surface area contributed by atoms with Gasteiger partial charge in [0.15, 0.2) is 0 Å². The molecule has 0 spiro atoms. The monoisotopic (exact) mass is 342 g/mol. The van der Waals surface area contributed by atoms with Gasteiger partial charge in [0.1, 0.15) is 5.75 Å². The molecule has 0 amide bonds. The van der Waals surface area contributed by atoms with Crippen molar-refractivity contribution in [2.24, 2.45) is 0 Å². The van der Waals surface area contributed by atoms with Crippen LogP contribution in [0.3, 0.4) is 0 Å². The number of aryl methyl sites for hydroxylation is 1. The molecule has 136 valence electrons. The van der Waals surface area contributed by atoms with Crippen molar-refractivity contribution in [1.29, 1.82) is 0 Å². The Kier molecular flexibility index (Phi) is 8.20. The van der Waals surface area contributed by atoms with Crippen LogP contribution in [0.25, 0.3) is 6.08 Å². The molecule has 3 nitrogen and oxygen atoms in total. The Bertz CT molecular complexity index is 706. The molecule has 0 atom stereocenters. The maximum atomic E-state index is 11.2. The lowest BCUT2D eigenvalue weighted by atomic mass is 9.96. The van der Waals surface area contributed by atoms with Crippen molar-refractivity contribution in [2.45, 2.75) is 47.5 Å². The van der Waals surface area contributed by atoms with E-state index in [0.29, 0.717) is 0 Å². The van der Waals surface area contributed by atoms with Crippen LogP contribution in [-0.2, 0) is 9.53 Å². The van der Waals surface area contributed by atoms with Gasteiger partial charge in [-0.25, -0.2) is 4.79 Å². The maximum absolute atomic E-state index is 11.2. The van der Waals surface area contributed by atoms with Crippen LogP contribution < -0.4 is 4.74 Å². The van der Waals surface area contributed by atoms with Crippen LogP contribution in [0.1, 0.15) is 48.9 Å². The Hall–Kier alpha value is -2.29. The van der Waals surface area contributed by atoms with Crippen molar-refractivity contribution in [2.75, 3.05) is 14.2 Å². The molecule has 0 heterocycles. The van der Waals surface area contributed by atoms with Crippen molar-refractivity contribution in [1.82, 2.24) is 0 Å². The smallest absolute Gasteiger partial charge is 0.330 e. The van der Waals surface area contributed by atoms with E-state index in [1.807, 2.05) is 6.92 Å². The Balaban J connectivity index is 2.80. The number of rotatable bonds is 7. The van der Waals surface area contributed by atoms with Crippen molar-refractivity contribution in [3.05, 3.63) is 57.7 Å². The van der Waals surface area contributed by atoms with Gasteiger partial charge in [-0.2, -0.15) is 0 Å². The van der Waals surface area contributed by atoms with Crippen LogP contribution in [-0.4, -0.2) is 20.2 Å². The molecule has 1 rings (SSSR count). The summed E-state index contributed by atoms with van der Waals surface area (Å²) in [6.45, 7) is 10.4. The molecule has 0 radical (unpaired) electrons. The fourth-order valence-electron chi connectivity index (χ4n) is 2.68. The normalized spacial score (nSPS) is 12.6. The Morgan fingerprint density at radius 2 is 1.80 bits per heavy atom. The van der Waals surface area contributed by atoms with E-state index in [1.165, 1.54) is 34.9 Å². The molecule has 1 aromatic rings. The highest BCUT2D eigenvalue weighted by Crippen LogP contribution is 2.28. The Labute approximate surface area is 152 Å². The number of methoxy groups -OCH3 is 2. The van der Waals surface area contributed by atoms with E-state index >= 15 is 0 Å². The first-order valence-electron chi connectivity index (χ1n) is 8.54. The number of benzene rings is 1. The van der Waals surface area contributed by atoms with Crippen LogP contribution in [0.15, 0.2) is 35.4 Å². The third kappa shape index (κ3) is 6.26. The largest absolute Gasteiger partial charge is 0.496 e. The molecular weight excluding hydrogens is 312 g/mol. The number of hydrogen-bond donors (Lipinski definition) is 0. The van der Waals surface area contributed by atoms with Crippen LogP contribution in [0, 0.1) is 20.8 Å². The molecule has 3 heteroatoms. The zero-order valence-electron chi connectivity index (χ0n) is 16.5. The third-order valence-corrected chi connectivity index (χ3v) is 4.41. The summed E-state index contributed by atoms with van der Waals surface area (Å²) >= 11 is 0. The predicted octanol–water partition coefficient (Wildman–Crippen LogP) is 5.48. The predicted molar refractivity (Wildman–Crippen MR) is 105 cm³/mol. The summed E-state index contributed by atoms with van der Waals surface area (Å²) in [6, 6.07) is 2.09. The number of ether oxygens (including phenoxy) is 2. The van der Waals surface area contributed by atoms with Crippen molar-refractivity contribution < 1.29 is 14.3 Å². The molecule has 0 aliphatic heterocycles. The fourth-order valence-corrected chi connectivity index (χ4v) is 2.68. The van der Waals surface area contributed by atoms with E-state index < -0.39 is 0 Å². The highest BCUT2D eigenvalue weighted by atomic mass is 16.5. The summed E-state index contributed by atoms with van der Waals surface area (Å²) in [7, 11) is 3.10. The second-order valence-corrected chi connectivity index (χ2v) is 6.39. The molecule has 0 fully saturated rings. The lowest BCUT2D eigenvalue weighted by molar-refractivity contribution is -0.134. The van der Waals surface area contributed by atoms with E-state index in [2.05, 4.69) is 56.7 Å². The first kappa shape index (κ1) is 20.8. The van der Waals surface area contributed by atoms with Gasteiger partial charge in [-0.1, -0.05) is 29.4 Å². The topological polar surface area (TPSA) is 35.5 Å². The highest BCUT2D eigenvalue weighted by molar-refractivity contribution is 5.82. The number of hydrogen-bond acceptors (Lipinski definition) is 3. The Morgan fingerprint density at radius 3 is 2.40 bits per heavy atom. The van der Waals surface area contributed by atoms with E-state index in [9.17, 15) is 4.79 Å². The number of esters is 1. The van der Waals surface area contributed by atoms with Crippen LogP contribution in [0.4, 0.5) is 0 Å². The zero-order valence-corrected chi connectivity index (χ0v) is 16.5. The van der Waals surface area contributed by atoms with Crippen LogP contribution in [0.2, 0.25) is 0 Å². The Morgan fingerprint density at radius 1 is 1.12 bits per heavy atom. The standard InChI is InChI=1S/C22H30O3/c1-15(9-8-10-16(2)13-22(23)25-7)11-12-20-17(3)14-21(24-6)19(5)18(20)4/h9,11-14H,8,10H2,1-7H3/b12-11+,15-9+,16-13+. The first-order chi connectivity index (χ1) is 11.8. The molecule has 25 heavy (non-hydrogen) atoms. The average Bonchev–Trinajstić information content (AvgIpc) is 2.57. The van der Waals surface area contributed by atoms with Gasteiger partial charge in [0.25, 0.3) is 0 Å². The van der Waals surface area contributed by atoms with Gasteiger partial charge in [0.05, 0.1) is 14.2 Å². The molecule has 0 aliphatic rings. The molecule has 0 N–H and O–H groups in total. The minimum atomic E-state index is -0.293. The SMILES string of the molecule is COC(=O)/C=C(\C)CC/C=C(C)/C=C/c1c(C)cc(OC)c(C)c1C. The van der Waals surface area contributed by atoms with Crippen LogP contribution in [0.5, 0.6) is 5.75 Å². The molecule has 1 aromatic carbocycles. The van der Waals surface area contributed by atoms with Gasteiger partial charge in [-0.05, 0) is 75.8 Å². The highest BCUT2D eigenvalue weighted by Gasteiger charge is 2.08. The summed E-state index contributed by atoms with van der Waals surface area (Å²) in [5, 5.41) is 0. The van der Waals surface area contributed by atoms with Crippen molar-refractivity contribution >= 4 is 12.0 Å². The number of allylic oxidation sites excluding steroid dienone is 4. The van der Waals surface area contributed by atoms with E-state index in [-0.39, 0.29) is 5.97 Å². The van der Waals surface area contributed by atoms with E-state index in [4.69, 9.17) is 4.74 Å². The molecule has 0 saturated heterocycles. The maximum Gasteiger partial charge on any atom is 0.330 e. The molecule has 0 bridgehead atoms. The summed E-state index contributed by atoms with van der Waals surface area (Å²) < 4.78 is 10.1. The summed E-state index contributed by atoms with van der Waals surface area (Å²) in [5.74, 6) is 0.645. The van der Waals surface area contributed by atoms with Gasteiger partial charge in [0, 0.05) is 6.08 Å². The quantitative estimate of drug-likeness (QED) is 0.374. The molecule has 0 aromatic heterocycles. The summed E-state index contributed by atoms with van der Waals surface area (Å²) in [4.78, 5) is 11.2. The summed E-state index contributed by atoms with van der Waals surface area (Å²) in [6.07, 6.45) is 9.79. The molecular formula is C22H30O3. The first-order valence-corrected chi connectivity index (χ1v) is 8.54. The second-order valence-electron chi connectivity index (χ2n) is 6.39. The van der Waals surface area contributed by atoms with Crippen molar-refractivity contribution in [3.63, 3.8) is 0 Å². The van der Waals surface area contributed by atoms with Gasteiger partial charge in [0.2, 0.25) is 0 Å². The zero-order chi connectivity index (χ0) is 19.0. The molecule has 0 unspecified atom stereocenters. The fraction of sp³-hybridized carbons (Fsp3) is 0.409. The van der Waals surface area contributed by atoms with Gasteiger partial charge >= 0.3 is 5.97 Å². The lowest BCUT2D eigenvalue weighted by Crippen LogP contribution is -1.96. The minimum Gasteiger partial charge on any atom is -0.496 e. The van der Waals surface area contributed by atoms with Crippen LogP contribution >= 0.6 is 0 Å². The molecule has 0 saturated carbocycles. The van der Waals surface area contributed by atoms with Gasteiger partial charge in [-0.3, -0.25) is 0 Å². The second kappa shape index (κ2) is 9.87. The molecule has 0 aliphatic carbocycles.